The number of hydrogen-bond acceptors (Lipinski definition) is 6. The molecule has 202 valence electrons. The van der Waals surface area contributed by atoms with Gasteiger partial charge in [-0.3, -0.25) is 10.1 Å². The molecule has 3 rings (SSSR count). The number of methoxy groups -OCH3 is 1. The smallest absolute Gasteiger partial charge is 0.411 e. The van der Waals surface area contributed by atoms with Crippen LogP contribution in [0.4, 0.5) is 21.0 Å². The molecule has 2 bridgehead atoms. The van der Waals surface area contributed by atoms with Crippen LogP contribution >= 0.6 is 0 Å². The van der Waals surface area contributed by atoms with Crippen LogP contribution < -0.4 is 16.0 Å². The molecule has 0 fully saturated rings. The van der Waals surface area contributed by atoms with E-state index < -0.39 is 26.3 Å². The average molecular weight is 532 g/mol. The summed E-state index contributed by atoms with van der Waals surface area (Å²) in [7, 11) is -0.00339. The van der Waals surface area contributed by atoms with Crippen LogP contribution in [0.15, 0.2) is 24.4 Å². The molecule has 1 aliphatic rings. The maximum absolute atomic E-state index is 13.0. The molecule has 37 heavy (non-hydrogen) atoms. The number of fused-ring (bicyclic) bond motifs is 4. The second-order valence-electron chi connectivity index (χ2n) is 10.5. The number of ether oxygens (including phenoxy) is 2. The normalized spacial score (nSPS) is 18.0. The fraction of sp³-hybridized carbons (Fsp3) is 0.520. The maximum atomic E-state index is 13.0. The van der Waals surface area contributed by atoms with Gasteiger partial charge in [0, 0.05) is 38.0 Å². The molecule has 0 saturated carbocycles. The van der Waals surface area contributed by atoms with Crippen molar-refractivity contribution in [2.24, 2.45) is 5.92 Å². The van der Waals surface area contributed by atoms with Crippen LogP contribution in [0.1, 0.15) is 38.1 Å². The Bertz CT molecular complexity index is 1130. The van der Waals surface area contributed by atoms with Crippen molar-refractivity contribution in [2.45, 2.75) is 64.6 Å². The zero-order chi connectivity index (χ0) is 27.2. The van der Waals surface area contributed by atoms with E-state index in [1.165, 1.54) is 7.11 Å². The fourth-order valence-electron chi connectivity index (χ4n) is 4.03. The van der Waals surface area contributed by atoms with Crippen LogP contribution in [0.25, 0.3) is 11.3 Å². The van der Waals surface area contributed by atoms with E-state index in [-0.39, 0.29) is 18.6 Å². The highest BCUT2D eigenvalue weighted by molar-refractivity contribution is 6.76. The maximum Gasteiger partial charge on any atom is 0.411 e. The lowest BCUT2D eigenvalue weighted by atomic mass is 9.99. The van der Waals surface area contributed by atoms with Gasteiger partial charge in [-0.15, -0.1) is 0 Å². The topological polar surface area (TPSA) is 144 Å². The predicted octanol–water partition coefficient (Wildman–Crippen LogP) is 5.11. The minimum atomic E-state index is -1.28. The van der Waals surface area contributed by atoms with Gasteiger partial charge in [0.25, 0.3) is 0 Å². The third-order valence-corrected chi connectivity index (χ3v) is 7.91. The van der Waals surface area contributed by atoms with Gasteiger partial charge in [0.05, 0.1) is 24.5 Å². The molecule has 4 N–H and O–H groups in total. The Balaban J connectivity index is 2.04. The summed E-state index contributed by atoms with van der Waals surface area (Å²) in [6, 6.07) is 5.53. The number of carboxylic acid groups (broad SMARTS) is 1. The fourth-order valence-corrected chi connectivity index (χ4v) is 4.79. The van der Waals surface area contributed by atoms with Crippen molar-refractivity contribution in [3.63, 3.8) is 0 Å². The summed E-state index contributed by atoms with van der Waals surface area (Å²) in [5.74, 6) is 0.0753. The van der Waals surface area contributed by atoms with E-state index in [4.69, 9.17) is 9.72 Å². The summed E-state index contributed by atoms with van der Waals surface area (Å²) in [6.45, 7) is 9.50. The molecule has 2 aromatic rings. The number of amides is 3. The van der Waals surface area contributed by atoms with Crippen molar-refractivity contribution in [3.8, 4) is 11.3 Å². The molecule has 0 radical (unpaired) electrons. The number of benzene rings is 1. The first-order chi connectivity index (χ1) is 17.5. The quantitative estimate of drug-likeness (QED) is 0.287. The second kappa shape index (κ2) is 12.2. The number of rotatable bonds is 7. The first-order valence-electron chi connectivity index (χ1n) is 12.4. The number of nitrogens with zero attached hydrogens (tertiary/aromatic N) is 2. The molecule has 1 aromatic heterocycles. The van der Waals surface area contributed by atoms with Crippen LogP contribution in [0.5, 0.6) is 0 Å². The average Bonchev–Trinajstić information content (AvgIpc) is 3.23. The van der Waals surface area contributed by atoms with Gasteiger partial charge in [-0.25, -0.2) is 14.6 Å². The summed E-state index contributed by atoms with van der Waals surface area (Å²) in [6.07, 6.45) is 1.72. The van der Waals surface area contributed by atoms with Gasteiger partial charge in [-0.2, -0.15) is 0 Å². The van der Waals surface area contributed by atoms with Crippen molar-refractivity contribution in [3.05, 3.63) is 30.2 Å². The van der Waals surface area contributed by atoms with Crippen molar-refractivity contribution in [1.82, 2.24) is 14.9 Å². The predicted molar refractivity (Wildman–Crippen MR) is 143 cm³/mol. The summed E-state index contributed by atoms with van der Waals surface area (Å²) in [5.41, 5.74) is 2.11. The minimum Gasteiger partial charge on any atom is -0.465 e. The highest BCUT2D eigenvalue weighted by atomic mass is 28.3. The molecule has 2 atom stereocenters. The standard InChI is InChI=1S/C25H37N5O6Si/c1-16-7-6-8-19(29-24(32)33)22-27-21(14-30(22)15-36-11-12-37(3,4)5)18-10-9-17(26-25(34)35-2)13-20(18)28-23(16)31/h9-10,13-14,16,19,29H,6-8,11-12,15H2,1-5H3,(H,26,34)(H,28,31)(H,32,33)/t16-,19?/m1/s1. The molecule has 11 nitrogen and oxygen atoms in total. The van der Waals surface area contributed by atoms with E-state index in [0.29, 0.717) is 54.3 Å². The first-order valence-corrected chi connectivity index (χ1v) is 16.1. The Morgan fingerprint density at radius 2 is 2.03 bits per heavy atom. The van der Waals surface area contributed by atoms with Crippen LogP contribution in [0, 0.1) is 5.92 Å². The molecule has 1 aromatic carbocycles. The Labute approximate surface area is 217 Å². The molecule has 3 amide bonds. The lowest BCUT2D eigenvalue weighted by Gasteiger charge is -2.20. The minimum absolute atomic E-state index is 0.172. The lowest BCUT2D eigenvalue weighted by molar-refractivity contribution is -0.119. The second-order valence-corrected chi connectivity index (χ2v) is 16.1. The molecule has 0 spiro atoms. The number of aromatic nitrogens is 2. The monoisotopic (exact) mass is 531 g/mol. The lowest BCUT2D eigenvalue weighted by Crippen LogP contribution is -2.30. The van der Waals surface area contributed by atoms with E-state index in [1.807, 2.05) is 11.5 Å². The third kappa shape index (κ3) is 8.05. The van der Waals surface area contributed by atoms with Gasteiger partial charge in [-0.05, 0) is 37.1 Å². The molecule has 0 aliphatic carbocycles. The van der Waals surface area contributed by atoms with Crippen LogP contribution in [0.2, 0.25) is 25.7 Å². The summed E-state index contributed by atoms with van der Waals surface area (Å²) in [4.78, 5) is 41.1. The number of carbonyl (C=O) groups is 3. The van der Waals surface area contributed by atoms with E-state index in [1.54, 1.807) is 24.4 Å². The van der Waals surface area contributed by atoms with Crippen molar-refractivity contribution in [1.29, 1.82) is 0 Å². The Hall–Kier alpha value is -3.38. The largest absolute Gasteiger partial charge is 0.465 e. The molecule has 1 unspecified atom stereocenters. The zero-order valence-corrected chi connectivity index (χ0v) is 23.1. The molecule has 12 heteroatoms. The number of nitrogens with one attached hydrogen (secondary N) is 3. The van der Waals surface area contributed by atoms with Gasteiger partial charge in [-0.1, -0.05) is 33.0 Å². The molecular weight excluding hydrogens is 494 g/mol. The van der Waals surface area contributed by atoms with Crippen LogP contribution in [-0.4, -0.2) is 54.5 Å². The highest BCUT2D eigenvalue weighted by Crippen LogP contribution is 2.33. The van der Waals surface area contributed by atoms with E-state index >= 15 is 0 Å². The van der Waals surface area contributed by atoms with E-state index in [2.05, 4.69) is 40.3 Å². The number of imidazole rings is 1. The molecule has 2 heterocycles. The Morgan fingerprint density at radius 1 is 1.27 bits per heavy atom. The van der Waals surface area contributed by atoms with Crippen molar-refractivity contribution < 1.29 is 29.0 Å². The van der Waals surface area contributed by atoms with Crippen molar-refractivity contribution in [2.75, 3.05) is 24.4 Å². The third-order valence-electron chi connectivity index (χ3n) is 6.21. The van der Waals surface area contributed by atoms with E-state index in [9.17, 15) is 19.5 Å². The number of hydrogen-bond donors (Lipinski definition) is 4. The summed E-state index contributed by atoms with van der Waals surface area (Å²) >= 11 is 0. The van der Waals surface area contributed by atoms with Gasteiger partial charge in [0.15, 0.2) is 0 Å². The van der Waals surface area contributed by atoms with Gasteiger partial charge in [0.1, 0.15) is 12.6 Å². The molecule has 0 saturated heterocycles. The number of anilines is 2. The number of carbonyl (C=O) groups excluding carboxylic acids is 2. The van der Waals surface area contributed by atoms with Crippen LogP contribution in [-0.2, 0) is 21.0 Å². The van der Waals surface area contributed by atoms with Crippen molar-refractivity contribution >= 4 is 37.5 Å². The SMILES string of the molecule is COC(=O)Nc1ccc2c(c1)NC(=O)[C@H](C)CCCC(NC(=O)O)c1nc-2cn1COCC[Si](C)(C)C. The Kier molecular flexibility index (Phi) is 9.32. The highest BCUT2D eigenvalue weighted by Gasteiger charge is 2.25. The van der Waals surface area contributed by atoms with Gasteiger partial charge in [0.2, 0.25) is 5.91 Å². The Morgan fingerprint density at radius 3 is 2.70 bits per heavy atom. The molecule has 1 aliphatic heterocycles. The molecular formula is C25H37N5O6Si. The zero-order valence-electron chi connectivity index (χ0n) is 22.1. The summed E-state index contributed by atoms with van der Waals surface area (Å²) < 4.78 is 12.5. The summed E-state index contributed by atoms with van der Waals surface area (Å²) in [5, 5.41) is 17.7. The van der Waals surface area contributed by atoms with E-state index in [0.717, 1.165) is 6.04 Å². The van der Waals surface area contributed by atoms with Gasteiger partial charge >= 0.3 is 12.2 Å². The van der Waals surface area contributed by atoms with Crippen LogP contribution in [0.3, 0.4) is 0 Å². The van der Waals surface area contributed by atoms with Gasteiger partial charge < -0.3 is 29.8 Å². The first kappa shape index (κ1) is 28.2.